The van der Waals surface area contributed by atoms with Crippen LogP contribution in [0.25, 0.3) is 0 Å². The van der Waals surface area contributed by atoms with E-state index in [4.69, 9.17) is 5.11 Å². The second-order valence-corrected chi connectivity index (χ2v) is 0.995. The van der Waals surface area contributed by atoms with Gasteiger partial charge in [-0.2, -0.15) is 0 Å². The van der Waals surface area contributed by atoms with Gasteiger partial charge in [0, 0.05) is 19.5 Å². The molecule has 0 unspecified atom stereocenters. The summed E-state index contributed by atoms with van der Waals surface area (Å²) in [4.78, 5) is 9.34. The van der Waals surface area contributed by atoms with Crippen molar-refractivity contribution in [2.75, 3.05) is 0 Å². The van der Waals surface area contributed by atoms with Gasteiger partial charge >= 0.3 is 0 Å². The predicted molar refractivity (Wildman–Crippen MR) is 16.7 cm³/mol. The van der Waals surface area contributed by atoms with Crippen molar-refractivity contribution in [1.29, 1.82) is 0 Å². The fourth-order valence-corrected chi connectivity index (χ4v) is 0. The Hall–Kier alpha value is 0.0534. The Labute approximate surface area is 54.1 Å². The van der Waals surface area contributed by atoms with Gasteiger partial charge in [0.15, 0.2) is 0 Å². The Kier molecular flexibility index (Phi) is 6.10. The number of aliphatic hydroxyl groups is 1. The zero-order chi connectivity index (χ0) is 5.15. The molecule has 0 aromatic heterocycles. The first kappa shape index (κ1) is 10.1. The van der Waals surface area contributed by atoms with Crippen LogP contribution < -0.4 is 5.11 Å². The van der Waals surface area contributed by atoms with E-state index in [-0.39, 0.29) is 19.5 Å². The van der Waals surface area contributed by atoms with Crippen LogP contribution in [0.1, 0.15) is 6.92 Å². The molecule has 0 amide bonds. The van der Waals surface area contributed by atoms with E-state index in [1.807, 2.05) is 0 Å². The topological polar surface area (TPSA) is 60.4 Å². The van der Waals surface area contributed by atoms with Crippen LogP contribution in [-0.2, 0) is 24.3 Å². The van der Waals surface area contributed by atoms with Crippen molar-refractivity contribution >= 4 is 5.97 Å². The minimum absolute atomic E-state index is 0. The van der Waals surface area contributed by atoms with Gasteiger partial charge in [-0.15, -0.1) is 0 Å². The summed E-state index contributed by atoms with van der Waals surface area (Å²) in [6.07, 6.45) is -1.34. The Balaban J connectivity index is 0. The molecule has 0 aromatic carbocycles. The number of aliphatic hydroxyl groups excluding tert-OH is 1. The summed E-state index contributed by atoms with van der Waals surface area (Å²) in [5.74, 6) is -1.44. The van der Waals surface area contributed by atoms with Crippen molar-refractivity contribution in [3.63, 3.8) is 0 Å². The molecule has 0 bridgehead atoms. The molecule has 0 heterocycles. The molecule has 0 spiro atoms. The fourth-order valence-electron chi connectivity index (χ4n) is 0. The number of aliphatic carboxylic acids is 1. The Bertz CT molecular complexity index is 61.2. The molecule has 1 atom stereocenters. The van der Waals surface area contributed by atoms with E-state index in [2.05, 4.69) is 0 Å². The number of carbonyl (C=O) groups is 1. The van der Waals surface area contributed by atoms with Gasteiger partial charge in [-0.25, -0.2) is 0 Å². The fraction of sp³-hybridized carbons (Fsp3) is 0.667. The van der Waals surface area contributed by atoms with Gasteiger partial charge in [0.1, 0.15) is 0 Å². The van der Waals surface area contributed by atoms with E-state index in [0.29, 0.717) is 0 Å². The second kappa shape index (κ2) is 4.22. The summed E-state index contributed by atoms with van der Waals surface area (Å²) >= 11 is 0. The minimum atomic E-state index is -1.44. The van der Waals surface area contributed by atoms with Crippen molar-refractivity contribution in [3.8, 4) is 0 Å². The van der Waals surface area contributed by atoms with Crippen molar-refractivity contribution < 1.29 is 34.5 Å². The van der Waals surface area contributed by atoms with Crippen molar-refractivity contribution in [1.82, 2.24) is 0 Å². The maximum absolute atomic E-state index is 9.34. The maximum Gasteiger partial charge on any atom is 0.0905 e. The molecule has 0 aliphatic carbocycles. The number of hydrogen-bond donors (Lipinski definition) is 1. The van der Waals surface area contributed by atoms with E-state index in [1.54, 1.807) is 0 Å². The largest absolute Gasteiger partial charge is 0.547 e. The first-order valence-corrected chi connectivity index (χ1v) is 1.53. The van der Waals surface area contributed by atoms with Gasteiger partial charge in [0.05, 0.1) is 12.1 Å². The van der Waals surface area contributed by atoms with E-state index in [0.717, 1.165) is 6.92 Å². The van der Waals surface area contributed by atoms with Crippen LogP contribution in [0, 0.1) is 0 Å². The minimum Gasteiger partial charge on any atom is -0.547 e. The quantitative estimate of drug-likeness (QED) is 0.450. The number of rotatable bonds is 1. The summed E-state index contributed by atoms with van der Waals surface area (Å²) in [5, 5.41) is 17.3. The third-order valence-electron chi connectivity index (χ3n) is 0.341. The molecule has 0 saturated heterocycles. The van der Waals surface area contributed by atoms with Crippen LogP contribution in [0.15, 0.2) is 0 Å². The van der Waals surface area contributed by atoms with Crippen LogP contribution in [0.2, 0.25) is 0 Å². The van der Waals surface area contributed by atoms with Gasteiger partial charge in [-0.1, -0.05) is 0 Å². The third kappa shape index (κ3) is 6.05. The van der Waals surface area contributed by atoms with Gasteiger partial charge in [-0.05, 0) is 6.92 Å². The summed E-state index contributed by atoms with van der Waals surface area (Å²) in [6, 6.07) is 0. The smallest absolute Gasteiger partial charge is 0.0905 e. The number of carboxylic acid groups (broad SMARTS) is 1. The first-order valence-electron chi connectivity index (χ1n) is 1.53. The van der Waals surface area contributed by atoms with E-state index >= 15 is 0 Å². The van der Waals surface area contributed by atoms with Crippen LogP contribution in [0.3, 0.4) is 0 Å². The van der Waals surface area contributed by atoms with Gasteiger partial charge in [-0.3, -0.25) is 0 Å². The zero-order valence-corrected chi connectivity index (χ0v) is 7.02. The monoisotopic (exact) mass is 153 g/mol. The maximum atomic E-state index is 9.34. The van der Waals surface area contributed by atoms with Crippen LogP contribution >= 0.6 is 0 Å². The first-order chi connectivity index (χ1) is 2.64. The SMILES string of the molecule is C[C@H](O)C(=O)[O-].[Zn]. The summed E-state index contributed by atoms with van der Waals surface area (Å²) in [7, 11) is 0. The summed E-state index contributed by atoms with van der Waals surface area (Å²) < 4.78 is 0. The molecule has 7 heavy (non-hydrogen) atoms. The Morgan fingerprint density at radius 1 is 1.86 bits per heavy atom. The molecular weight excluding hydrogens is 149 g/mol. The summed E-state index contributed by atoms with van der Waals surface area (Å²) in [6.45, 7) is 1.13. The standard InChI is InChI=1S/C3H6O3.Zn/c1-2(4)3(5)6;/h2,4H,1H3,(H,5,6);/p-1/t2-;/m0./s1. The van der Waals surface area contributed by atoms with Crippen LogP contribution in [-0.4, -0.2) is 17.2 Å². The van der Waals surface area contributed by atoms with Crippen LogP contribution in [0.5, 0.6) is 0 Å². The van der Waals surface area contributed by atoms with Gasteiger partial charge < -0.3 is 15.0 Å². The average Bonchev–Trinajstić information content (AvgIpc) is 1.36. The molecule has 1 N–H and O–H groups in total. The molecule has 0 aliphatic rings. The molecule has 0 radical (unpaired) electrons. The number of carboxylic acids is 1. The Morgan fingerprint density at radius 2 is 2.00 bits per heavy atom. The normalized spacial score (nSPS) is 11.7. The van der Waals surface area contributed by atoms with Crippen LogP contribution in [0.4, 0.5) is 0 Å². The molecule has 38 valence electrons. The molecule has 0 aliphatic heterocycles. The van der Waals surface area contributed by atoms with E-state index in [9.17, 15) is 9.90 Å². The zero-order valence-electron chi connectivity index (χ0n) is 4.05. The molecule has 3 nitrogen and oxygen atoms in total. The molecule has 0 aromatic rings. The molecule has 4 heteroatoms. The molecular formula is C3H5O3Zn-. The van der Waals surface area contributed by atoms with E-state index < -0.39 is 12.1 Å². The van der Waals surface area contributed by atoms with Crippen molar-refractivity contribution in [2.45, 2.75) is 13.0 Å². The van der Waals surface area contributed by atoms with Gasteiger partial charge in [0.2, 0.25) is 0 Å². The van der Waals surface area contributed by atoms with E-state index in [1.165, 1.54) is 0 Å². The predicted octanol–water partition coefficient (Wildman–Crippen LogP) is -1.89. The average molecular weight is 154 g/mol. The number of hydrogen-bond acceptors (Lipinski definition) is 3. The molecule has 0 saturated carbocycles. The molecule has 0 rings (SSSR count). The number of carbonyl (C=O) groups excluding carboxylic acids is 1. The third-order valence-corrected chi connectivity index (χ3v) is 0.341. The van der Waals surface area contributed by atoms with Crippen molar-refractivity contribution in [2.24, 2.45) is 0 Å². The summed E-state index contributed by atoms with van der Waals surface area (Å²) in [5.41, 5.74) is 0. The second-order valence-electron chi connectivity index (χ2n) is 0.995. The molecule has 0 fully saturated rings. The van der Waals surface area contributed by atoms with Crippen molar-refractivity contribution in [3.05, 3.63) is 0 Å². The Morgan fingerprint density at radius 3 is 2.00 bits per heavy atom. The van der Waals surface area contributed by atoms with Gasteiger partial charge in [0.25, 0.3) is 0 Å².